The quantitative estimate of drug-likeness (QED) is 0.784. The summed E-state index contributed by atoms with van der Waals surface area (Å²) >= 11 is 0.747. The van der Waals surface area contributed by atoms with Crippen LogP contribution in [0.1, 0.15) is 0 Å². The summed E-state index contributed by atoms with van der Waals surface area (Å²) < 4.78 is 12.4. The summed E-state index contributed by atoms with van der Waals surface area (Å²) in [6.45, 7) is 0. The van der Waals surface area contributed by atoms with E-state index in [9.17, 15) is 9.18 Å². The molecule has 1 amide bonds. The summed E-state index contributed by atoms with van der Waals surface area (Å²) in [7, 11) is 1.58. The Hall–Kier alpha value is -0.178. The van der Waals surface area contributed by atoms with E-state index in [0.717, 1.165) is 30.5 Å². The van der Waals surface area contributed by atoms with Crippen LogP contribution in [-0.4, -0.2) is 40.9 Å². The Labute approximate surface area is 93.3 Å². The van der Waals surface area contributed by atoms with Gasteiger partial charge in [0, 0.05) is 0 Å². The Morgan fingerprint density at radius 3 is 3.00 bits per heavy atom. The van der Waals surface area contributed by atoms with Crippen LogP contribution in [0.2, 0.25) is 0 Å². The van der Waals surface area contributed by atoms with Crippen molar-refractivity contribution in [1.29, 1.82) is 0 Å². The Morgan fingerprint density at radius 1 is 1.69 bits per heavy atom. The number of halogens is 1. The van der Waals surface area contributed by atoms with Gasteiger partial charge in [0.1, 0.15) is 0 Å². The first-order valence-electron chi connectivity index (χ1n) is 3.45. The van der Waals surface area contributed by atoms with Gasteiger partial charge in [-0.1, -0.05) is 0 Å². The van der Waals surface area contributed by atoms with Crippen LogP contribution in [0.25, 0.3) is 0 Å². The molecule has 0 fully saturated rings. The summed E-state index contributed by atoms with van der Waals surface area (Å²) in [4.78, 5) is 14.8. The molecule has 0 saturated carbocycles. The van der Waals surface area contributed by atoms with Crippen LogP contribution >= 0.6 is 8.31 Å². The number of hydrogen-bond donors (Lipinski definition) is 1. The molecule has 0 aliphatic carbocycles. The summed E-state index contributed by atoms with van der Waals surface area (Å²) in [5.41, 5.74) is 0. The van der Waals surface area contributed by atoms with E-state index in [4.69, 9.17) is 0 Å². The summed E-state index contributed by atoms with van der Waals surface area (Å²) in [5, 5.41) is 2.56. The van der Waals surface area contributed by atoms with E-state index in [-0.39, 0.29) is 5.91 Å². The van der Waals surface area contributed by atoms with Crippen LogP contribution in [-0.2, 0) is 4.79 Å². The number of amides is 1. The van der Waals surface area contributed by atoms with Gasteiger partial charge in [-0.3, -0.25) is 0 Å². The first-order valence-corrected chi connectivity index (χ1v) is 10.00. The molecule has 0 radical (unpaired) electrons. The zero-order valence-electron chi connectivity index (χ0n) is 6.66. The predicted molar refractivity (Wildman–Crippen MR) is 51.0 cm³/mol. The van der Waals surface area contributed by atoms with Crippen molar-refractivity contribution in [1.82, 2.24) is 4.98 Å². The number of nitrogens with one attached hydrogen (secondary N) is 1. The SMILES string of the molecule is O=C(C[S][Tl])Nc1ccc(F)cn1. The van der Waals surface area contributed by atoms with Gasteiger partial charge in [-0.15, -0.1) is 0 Å². The summed E-state index contributed by atoms with van der Waals surface area (Å²) in [6, 6.07) is 2.70. The molecule has 1 N–H and O–H groups in total. The molecule has 1 heterocycles. The molecule has 0 aliphatic heterocycles. The van der Waals surface area contributed by atoms with Gasteiger partial charge in [0.15, 0.2) is 0 Å². The van der Waals surface area contributed by atoms with Crippen LogP contribution < -0.4 is 5.32 Å². The van der Waals surface area contributed by atoms with Gasteiger partial charge in [0.2, 0.25) is 0 Å². The zero-order valence-corrected chi connectivity index (χ0v) is 12.0. The monoisotopic (exact) mass is 390 g/mol. The van der Waals surface area contributed by atoms with Crippen LogP contribution in [0.15, 0.2) is 18.3 Å². The van der Waals surface area contributed by atoms with Crippen molar-refractivity contribution in [2.75, 3.05) is 11.1 Å². The van der Waals surface area contributed by atoms with Crippen molar-refractivity contribution < 1.29 is 9.18 Å². The van der Waals surface area contributed by atoms with Gasteiger partial charge >= 0.3 is 93.7 Å². The third-order valence-corrected chi connectivity index (χ3v) is 3.58. The minimum atomic E-state index is -0.406. The van der Waals surface area contributed by atoms with E-state index in [1.165, 1.54) is 12.1 Å². The normalized spacial score (nSPS) is 9.54. The molecule has 0 unspecified atom stereocenters. The maximum absolute atomic E-state index is 12.4. The number of carbonyl (C=O) groups is 1. The van der Waals surface area contributed by atoms with Crippen LogP contribution in [0.3, 0.4) is 0 Å². The molecule has 0 aliphatic rings. The van der Waals surface area contributed by atoms with E-state index in [2.05, 4.69) is 10.3 Å². The topological polar surface area (TPSA) is 42.0 Å². The zero-order chi connectivity index (χ0) is 9.68. The van der Waals surface area contributed by atoms with Gasteiger partial charge < -0.3 is 0 Å². The Morgan fingerprint density at radius 2 is 2.46 bits per heavy atom. The van der Waals surface area contributed by atoms with E-state index in [1.54, 1.807) is 8.31 Å². The predicted octanol–water partition coefficient (Wildman–Crippen LogP) is 0.976. The number of anilines is 1. The van der Waals surface area contributed by atoms with Gasteiger partial charge in [0.05, 0.1) is 0 Å². The van der Waals surface area contributed by atoms with Crippen molar-refractivity contribution in [3.63, 3.8) is 0 Å². The molecule has 1 rings (SSSR count). The molecule has 6 heteroatoms. The number of aromatic nitrogens is 1. The number of carbonyl (C=O) groups excluding carboxylic acids is 1. The third kappa shape index (κ3) is 4.03. The molecule has 0 aromatic carbocycles. The van der Waals surface area contributed by atoms with Crippen molar-refractivity contribution in [2.45, 2.75) is 0 Å². The van der Waals surface area contributed by atoms with E-state index < -0.39 is 5.82 Å². The van der Waals surface area contributed by atoms with E-state index >= 15 is 0 Å². The number of rotatable bonds is 3. The average Bonchev–Trinajstić information content (AvgIpc) is 2.09. The Bertz CT molecular complexity index is 293. The number of nitrogens with zero attached hydrogens (tertiary/aromatic N) is 1. The average molecular weight is 390 g/mol. The molecule has 0 atom stereocenters. The van der Waals surface area contributed by atoms with E-state index in [0.29, 0.717) is 11.6 Å². The van der Waals surface area contributed by atoms with Crippen molar-refractivity contribution in [3.05, 3.63) is 24.1 Å². The molecule has 66 valence electrons. The molecular weight excluding hydrogens is 384 g/mol. The fourth-order valence-electron chi connectivity index (χ4n) is 0.704. The summed E-state index contributed by atoms with van der Waals surface area (Å²) in [6.07, 6.45) is 1.07. The van der Waals surface area contributed by atoms with Gasteiger partial charge in [-0.25, -0.2) is 0 Å². The second kappa shape index (κ2) is 5.53. The van der Waals surface area contributed by atoms with Gasteiger partial charge in [0.25, 0.3) is 0 Å². The molecular formula is C7H6FN2OSTl. The second-order valence-corrected chi connectivity index (χ2v) is 6.73. The molecule has 1 aromatic heterocycles. The first-order chi connectivity index (χ1) is 6.22. The summed E-state index contributed by atoms with van der Waals surface area (Å²) in [5.74, 6) is 0.345. The van der Waals surface area contributed by atoms with Crippen LogP contribution in [0.4, 0.5) is 10.2 Å². The standard InChI is InChI=1S/C7H7FN2OS.Tl/c8-5-1-2-6(9-3-5)10-7(11)4-12;/h1-3,12H,4H2,(H,9,10,11);/q;+1/p-1. The fourth-order valence-corrected chi connectivity index (χ4v) is 2.69. The molecule has 13 heavy (non-hydrogen) atoms. The van der Waals surface area contributed by atoms with Gasteiger partial charge in [-0.2, -0.15) is 0 Å². The second-order valence-electron chi connectivity index (χ2n) is 2.22. The van der Waals surface area contributed by atoms with Crippen molar-refractivity contribution >= 4 is 44.3 Å². The minimum absolute atomic E-state index is 0.0911. The molecule has 1 aromatic rings. The fraction of sp³-hybridized carbons (Fsp3) is 0.143. The third-order valence-electron chi connectivity index (χ3n) is 1.21. The maximum atomic E-state index is 12.4. The van der Waals surface area contributed by atoms with Crippen molar-refractivity contribution in [2.24, 2.45) is 0 Å². The molecule has 0 saturated heterocycles. The Kier molecular flexibility index (Phi) is 4.64. The molecule has 3 nitrogen and oxygen atoms in total. The van der Waals surface area contributed by atoms with Crippen LogP contribution in [0.5, 0.6) is 0 Å². The molecule has 0 spiro atoms. The Balaban J connectivity index is 2.54. The van der Waals surface area contributed by atoms with Gasteiger partial charge in [-0.05, 0) is 0 Å². The first kappa shape index (κ1) is 10.9. The number of pyridine rings is 1. The van der Waals surface area contributed by atoms with Crippen molar-refractivity contribution in [3.8, 4) is 0 Å². The number of hydrogen-bond acceptors (Lipinski definition) is 3. The molecule has 0 bridgehead atoms. The van der Waals surface area contributed by atoms with Crippen LogP contribution in [0, 0.1) is 5.82 Å². The van der Waals surface area contributed by atoms with E-state index in [1.807, 2.05) is 0 Å².